The van der Waals surface area contributed by atoms with Crippen molar-refractivity contribution in [3.63, 3.8) is 0 Å². The molecular weight excluding hydrogens is 776 g/mol. The van der Waals surface area contributed by atoms with Gasteiger partial charge in [-0.1, -0.05) is 62.9 Å². The molecule has 3 heterocycles. The van der Waals surface area contributed by atoms with Gasteiger partial charge in [0, 0.05) is 32.7 Å². The number of aromatic hydroxyl groups is 1. The van der Waals surface area contributed by atoms with Crippen LogP contribution in [0.25, 0.3) is 0 Å². The van der Waals surface area contributed by atoms with Crippen LogP contribution in [0.4, 0.5) is 19.0 Å². The highest BCUT2D eigenvalue weighted by molar-refractivity contribution is 9.10. The summed E-state index contributed by atoms with van der Waals surface area (Å²) in [7, 11) is 0. The molecule has 0 spiro atoms. The molecule has 9 nitrogen and oxygen atoms in total. The molecule has 2 N–H and O–H groups in total. The third-order valence-electron chi connectivity index (χ3n) is 10.5. The lowest BCUT2D eigenvalue weighted by molar-refractivity contribution is -0.146. The second-order valence-corrected chi connectivity index (χ2v) is 16.1. The van der Waals surface area contributed by atoms with Crippen molar-refractivity contribution < 1.29 is 37.5 Å². The maximum Gasteiger partial charge on any atom is 0.417 e. The van der Waals surface area contributed by atoms with Gasteiger partial charge in [-0.05, 0) is 81.5 Å². The number of nitrogens with zero attached hydrogens (tertiary/aromatic N) is 3. The molecule has 6 atom stereocenters. The Balaban J connectivity index is 1.45. The molecule has 1 saturated carbocycles. The van der Waals surface area contributed by atoms with Crippen molar-refractivity contribution in [2.45, 2.75) is 56.7 Å². The molecule has 3 fully saturated rings. The van der Waals surface area contributed by atoms with Crippen LogP contribution in [-0.4, -0.2) is 49.2 Å². The first kappa shape index (κ1) is 35.5. The zero-order chi connectivity index (χ0) is 36.9. The van der Waals surface area contributed by atoms with E-state index in [1.54, 1.807) is 57.2 Å². The van der Waals surface area contributed by atoms with E-state index in [4.69, 9.17) is 23.2 Å². The van der Waals surface area contributed by atoms with Gasteiger partial charge in [-0.25, -0.2) is 4.98 Å². The Labute approximate surface area is 308 Å². The van der Waals surface area contributed by atoms with E-state index in [0.717, 1.165) is 0 Å². The number of hydrogen-bond acceptors (Lipinski definition) is 7. The second kappa shape index (κ2) is 12.1. The average Bonchev–Trinajstić information content (AvgIpc) is 3.44. The first-order valence-corrected chi connectivity index (χ1v) is 17.6. The molecule has 7 rings (SSSR count). The fraction of sp³-hybridized carbons (Fsp3) is 0.361. The molecule has 2 aromatic carbocycles. The van der Waals surface area contributed by atoms with Crippen LogP contribution < -0.4 is 5.43 Å². The number of aromatic nitrogens is 1. The Morgan fingerprint density at radius 1 is 0.961 bits per heavy atom. The number of imide groups is 2. The van der Waals surface area contributed by atoms with Crippen LogP contribution >= 0.6 is 39.1 Å². The van der Waals surface area contributed by atoms with Gasteiger partial charge in [-0.3, -0.25) is 29.5 Å². The SMILES string of the molecule is CC(C)(C)N1C(=O)[C@H]2[C@H](CC=C3[C@H]2C[C@H]2C(=O)N(Nc4ncc(C(F)(F)F)cc4Cl)C(=O)[C@@]2(c2ccc(Cl)cc2)[C@H]3c2cc(Br)ccc2O)C1=O. The molecule has 0 radical (unpaired) electrons. The number of phenolic OH excluding ortho intramolecular Hbond substituents is 1. The number of likely N-dealkylation sites (tertiary alicyclic amines) is 1. The van der Waals surface area contributed by atoms with E-state index in [1.165, 1.54) is 11.0 Å². The number of anilines is 1. The Hall–Kier alpha value is -3.94. The summed E-state index contributed by atoms with van der Waals surface area (Å²) in [4.78, 5) is 62.9. The highest BCUT2D eigenvalue weighted by atomic mass is 79.9. The number of hydrazine groups is 1. The third kappa shape index (κ3) is 5.37. The van der Waals surface area contributed by atoms with Gasteiger partial charge in [-0.15, -0.1) is 0 Å². The van der Waals surface area contributed by atoms with Crippen LogP contribution in [0, 0.1) is 23.7 Å². The zero-order valence-corrected chi connectivity index (χ0v) is 30.4. The summed E-state index contributed by atoms with van der Waals surface area (Å²) in [5.41, 5.74) is 0.163. The van der Waals surface area contributed by atoms with Crippen molar-refractivity contribution in [2.24, 2.45) is 23.7 Å². The minimum Gasteiger partial charge on any atom is -0.508 e. The predicted octanol–water partition coefficient (Wildman–Crippen LogP) is 7.66. The number of nitrogens with one attached hydrogen (secondary N) is 1. The summed E-state index contributed by atoms with van der Waals surface area (Å²) in [6.07, 6.45) is -2.20. The van der Waals surface area contributed by atoms with Crippen molar-refractivity contribution in [1.29, 1.82) is 0 Å². The van der Waals surface area contributed by atoms with E-state index in [2.05, 4.69) is 26.3 Å². The largest absolute Gasteiger partial charge is 0.508 e. The van der Waals surface area contributed by atoms with Gasteiger partial charge in [0.05, 0.1) is 33.8 Å². The fourth-order valence-corrected chi connectivity index (χ4v) is 9.26. The summed E-state index contributed by atoms with van der Waals surface area (Å²) >= 11 is 16.0. The molecule has 3 aromatic rings. The number of pyridine rings is 1. The molecule has 2 aliphatic carbocycles. The number of allylic oxidation sites excluding steroid dienone is 2. The molecule has 4 amide bonds. The summed E-state index contributed by atoms with van der Waals surface area (Å²) in [6.45, 7) is 5.31. The quantitative estimate of drug-likeness (QED) is 0.205. The number of fused-ring (bicyclic) bond motifs is 4. The van der Waals surface area contributed by atoms with E-state index in [1.807, 2.05) is 6.08 Å². The highest BCUT2D eigenvalue weighted by Gasteiger charge is 2.71. The number of benzene rings is 2. The van der Waals surface area contributed by atoms with Crippen molar-refractivity contribution >= 4 is 68.6 Å². The van der Waals surface area contributed by atoms with Crippen molar-refractivity contribution in [3.8, 4) is 5.75 Å². The molecular formula is C36H30BrCl2F3N4O5. The summed E-state index contributed by atoms with van der Waals surface area (Å²) in [5.74, 6) is -7.24. The lowest BCUT2D eigenvalue weighted by atomic mass is 9.49. The van der Waals surface area contributed by atoms with Crippen LogP contribution in [0.5, 0.6) is 5.75 Å². The summed E-state index contributed by atoms with van der Waals surface area (Å²) in [5, 5.41) is 12.0. The predicted molar refractivity (Wildman–Crippen MR) is 184 cm³/mol. The molecule has 2 saturated heterocycles. The Morgan fingerprint density at radius 3 is 2.27 bits per heavy atom. The molecule has 2 aliphatic heterocycles. The molecule has 266 valence electrons. The van der Waals surface area contributed by atoms with Crippen LogP contribution in [0.15, 0.2) is 70.8 Å². The van der Waals surface area contributed by atoms with Crippen LogP contribution in [0.2, 0.25) is 10.0 Å². The first-order chi connectivity index (χ1) is 23.9. The van der Waals surface area contributed by atoms with E-state index >= 15 is 4.79 Å². The number of hydrogen-bond donors (Lipinski definition) is 2. The minimum absolute atomic E-state index is 0.0329. The number of amides is 4. The van der Waals surface area contributed by atoms with Gasteiger partial charge in [0.2, 0.25) is 11.8 Å². The number of rotatable bonds is 4. The van der Waals surface area contributed by atoms with Crippen LogP contribution in [0.3, 0.4) is 0 Å². The van der Waals surface area contributed by atoms with Gasteiger partial charge in [-0.2, -0.15) is 18.2 Å². The number of carbonyl (C=O) groups excluding carboxylic acids is 4. The maximum atomic E-state index is 15.2. The Morgan fingerprint density at radius 2 is 1.65 bits per heavy atom. The Kier molecular flexibility index (Phi) is 8.39. The molecule has 0 bridgehead atoms. The lowest BCUT2D eigenvalue weighted by Crippen LogP contribution is -2.53. The van der Waals surface area contributed by atoms with E-state index < -0.39 is 69.1 Å². The third-order valence-corrected chi connectivity index (χ3v) is 11.6. The number of halogens is 6. The topological polar surface area (TPSA) is 120 Å². The van der Waals surface area contributed by atoms with Crippen molar-refractivity contribution in [3.05, 3.63) is 97.6 Å². The second-order valence-electron chi connectivity index (χ2n) is 14.3. The molecule has 51 heavy (non-hydrogen) atoms. The average molecular weight is 806 g/mol. The van der Waals surface area contributed by atoms with E-state index in [-0.39, 0.29) is 41.8 Å². The van der Waals surface area contributed by atoms with Crippen LogP contribution in [0.1, 0.15) is 56.2 Å². The van der Waals surface area contributed by atoms with Gasteiger partial charge in [0.1, 0.15) is 5.75 Å². The van der Waals surface area contributed by atoms with Crippen molar-refractivity contribution in [2.75, 3.05) is 5.43 Å². The summed E-state index contributed by atoms with van der Waals surface area (Å²) in [6, 6.07) is 11.7. The van der Waals surface area contributed by atoms with E-state index in [9.17, 15) is 32.7 Å². The molecule has 15 heteroatoms. The Bertz CT molecular complexity index is 2050. The molecule has 1 aromatic heterocycles. The van der Waals surface area contributed by atoms with E-state index in [0.29, 0.717) is 37.9 Å². The molecule has 0 unspecified atom stereocenters. The normalized spacial score (nSPS) is 27.7. The van der Waals surface area contributed by atoms with Gasteiger partial charge < -0.3 is 5.11 Å². The fourth-order valence-electron chi connectivity index (χ4n) is 8.55. The number of phenols is 1. The summed E-state index contributed by atoms with van der Waals surface area (Å²) < 4.78 is 40.8. The van der Waals surface area contributed by atoms with Gasteiger partial charge in [0.25, 0.3) is 11.8 Å². The number of alkyl halides is 3. The van der Waals surface area contributed by atoms with Gasteiger partial charge >= 0.3 is 6.18 Å². The van der Waals surface area contributed by atoms with Crippen molar-refractivity contribution in [1.82, 2.24) is 14.9 Å². The minimum atomic E-state index is -4.75. The van der Waals surface area contributed by atoms with Gasteiger partial charge in [0.15, 0.2) is 5.82 Å². The monoisotopic (exact) mass is 804 g/mol. The smallest absolute Gasteiger partial charge is 0.417 e. The lowest BCUT2D eigenvalue weighted by Gasteiger charge is -2.50. The first-order valence-electron chi connectivity index (χ1n) is 16.1. The number of carbonyl (C=O) groups is 4. The molecule has 4 aliphatic rings. The van der Waals surface area contributed by atoms with Crippen LogP contribution in [-0.2, 0) is 30.8 Å². The zero-order valence-electron chi connectivity index (χ0n) is 27.3. The standard InChI is InChI=1S/C36H30BrCl2F3N4O5/c1-34(2,3)45-30(48)21-10-9-20-22(27(21)32(45)50)14-24-31(49)46(44-29-25(39)12-17(15-43-29)36(40,41)42)33(51)35(24,16-4-7-19(38)8-5-16)28(20)23-13-18(37)6-11-26(23)47/h4-9,11-13,15,21-22,24,27-28,47H,10,14H2,1-3H3,(H,43,44)/t21-,22+,24-,27-,28+,35+/m0/s1. The highest BCUT2D eigenvalue weighted by Crippen LogP contribution is 2.65. The maximum absolute atomic E-state index is 15.2.